The Morgan fingerprint density at radius 1 is 1.35 bits per heavy atom. The van der Waals surface area contributed by atoms with Crippen LogP contribution in [-0.2, 0) is 4.74 Å². The molecule has 0 amide bonds. The van der Waals surface area contributed by atoms with Crippen LogP contribution in [0.5, 0.6) is 10.8 Å². The Hall–Kier alpha value is -1.11. The van der Waals surface area contributed by atoms with Gasteiger partial charge in [0.05, 0.1) is 12.3 Å². The molecule has 2 aromatic rings. The SMILES string of the molecule is CCOC1CN(c2ncc(Oc3ccc(Br)cc3)s2)C1. The van der Waals surface area contributed by atoms with Crippen LogP contribution in [0.4, 0.5) is 5.13 Å². The average Bonchev–Trinajstić information content (AvgIpc) is 2.84. The summed E-state index contributed by atoms with van der Waals surface area (Å²) in [5, 5.41) is 1.80. The van der Waals surface area contributed by atoms with Gasteiger partial charge in [-0.25, -0.2) is 4.98 Å². The van der Waals surface area contributed by atoms with Crippen LogP contribution < -0.4 is 9.64 Å². The molecular formula is C14H15BrN2O2S. The minimum atomic E-state index is 0.347. The molecule has 1 aliphatic rings. The van der Waals surface area contributed by atoms with Crippen molar-refractivity contribution in [3.63, 3.8) is 0 Å². The molecule has 0 bridgehead atoms. The standard InChI is InChI=1S/C14H15BrN2O2S/c1-2-18-12-8-17(9-12)14-16-7-13(20-14)19-11-5-3-10(15)4-6-11/h3-7,12H,2,8-9H2,1H3. The van der Waals surface area contributed by atoms with E-state index >= 15 is 0 Å². The summed E-state index contributed by atoms with van der Waals surface area (Å²) in [4.78, 5) is 6.61. The van der Waals surface area contributed by atoms with Crippen molar-refractivity contribution < 1.29 is 9.47 Å². The first-order chi connectivity index (χ1) is 9.74. The van der Waals surface area contributed by atoms with Gasteiger partial charge in [-0.2, -0.15) is 0 Å². The van der Waals surface area contributed by atoms with Crippen molar-refractivity contribution in [3.8, 4) is 10.8 Å². The van der Waals surface area contributed by atoms with Crippen LogP contribution in [0.3, 0.4) is 0 Å². The molecule has 1 aliphatic heterocycles. The number of benzene rings is 1. The summed E-state index contributed by atoms with van der Waals surface area (Å²) in [6.07, 6.45) is 2.12. The first kappa shape index (κ1) is 13.9. The fourth-order valence-corrected chi connectivity index (χ4v) is 3.07. The average molecular weight is 355 g/mol. The minimum absolute atomic E-state index is 0.347. The molecule has 1 aromatic heterocycles. The molecule has 106 valence electrons. The number of anilines is 1. The number of halogens is 1. The lowest BCUT2D eigenvalue weighted by Crippen LogP contribution is -2.52. The minimum Gasteiger partial charge on any atom is -0.445 e. The van der Waals surface area contributed by atoms with Gasteiger partial charge in [0.25, 0.3) is 0 Å². The van der Waals surface area contributed by atoms with E-state index in [1.54, 1.807) is 17.5 Å². The molecule has 1 saturated heterocycles. The van der Waals surface area contributed by atoms with Crippen molar-refractivity contribution in [2.24, 2.45) is 0 Å². The Bertz CT molecular complexity index is 567. The summed E-state index contributed by atoms with van der Waals surface area (Å²) in [6.45, 7) is 4.63. The highest BCUT2D eigenvalue weighted by molar-refractivity contribution is 9.10. The molecule has 6 heteroatoms. The van der Waals surface area contributed by atoms with E-state index in [0.717, 1.165) is 40.1 Å². The van der Waals surface area contributed by atoms with E-state index in [0.29, 0.717) is 6.10 Å². The van der Waals surface area contributed by atoms with Gasteiger partial charge < -0.3 is 14.4 Å². The van der Waals surface area contributed by atoms with Crippen LogP contribution in [0, 0.1) is 0 Å². The molecule has 0 unspecified atom stereocenters. The maximum Gasteiger partial charge on any atom is 0.202 e. The van der Waals surface area contributed by atoms with Crippen molar-refractivity contribution in [2.45, 2.75) is 13.0 Å². The van der Waals surface area contributed by atoms with Gasteiger partial charge in [-0.3, -0.25) is 0 Å². The van der Waals surface area contributed by atoms with Gasteiger partial charge in [-0.05, 0) is 31.2 Å². The molecule has 0 radical (unpaired) electrons. The molecule has 1 aromatic carbocycles. The summed E-state index contributed by atoms with van der Waals surface area (Å²) in [7, 11) is 0. The van der Waals surface area contributed by atoms with Gasteiger partial charge in [0.2, 0.25) is 5.06 Å². The third-order valence-electron chi connectivity index (χ3n) is 3.03. The van der Waals surface area contributed by atoms with Crippen LogP contribution >= 0.6 is 27.3 Å². The highest BCUT2D eigenvalue weighted by Crippen LogP contribution is 2.34. The molecule has 4 nitrogen and oxygen atoms in total. The van der Waals surface area contributed by atoms with E-state index < -0.39 is 0 Å². The molecule has 0 spiro atoms. The lowest BCUT2D eigenvalue weighted by molar-refractivity contribution is 0.0430. The maximum atomic E-state index is 5.78. The van der Waals surface area contributed by atoms with Crippen LogP contribution in [0.2, 0.25) is 0 Å². The molecule has 1 fully saturated rings. The second-order valence-electron chi connectivity index (χ2n) is 4.50. The Balaban J connectivity index is 1.59. The van der Waals surface area contributed by atoms with Gasteiger partial charge in [0, 0.05) is 24.2 Å². The fraction of sp³-hybridized carbons (Fsp3) is 0.357. The monoisotopic (exact) mass is 354 g/mol. The smallest absolute Gasteiger partial charge is 0.202 e. The highest BCUT2D eigenvalue weighted by atomic mass is 79.9. The summed E-state index contributed by atoms with van der Waals surface area (Å²) >= 11 is 4.97. The third-order valence-corrected chi connectivity index (χ3v) is 4.49. The van der Waals surface area contributed by atoms with Gasteiger partial charge in [0.1, 0.15) is 5.75 Å². The molecular weight excluding hydrogens is 340 g/mol. The summed E-state index contributed by atoms with van der Waals surface area (Å²) < 4.78 is 12.4. The molecule has 0 atom stereocenters. The maximum absolute atomic E-state index is 5.78. The van der Waals surface area contributed by atoms with E-state index in [9.17, 15) is 0 Å². The van der Waals surface area contributed by atoms with E-state index in [1.165, 1.54) is 0 Å². The van der Waals surface area contributed by atoms with E-state index in [2.05, 4.69) is 25.8 Å². The fourth-order valence-electron chi connectivity index (χ4n) is 2.00. The summed E-state index contributed by atoms with van der Waals surface area (Å²) in [6, 6.07) is 7.77. The number of ether oxygens (including phenoxy) is 2. The Morgan fingerprint density at radius 3 is 2.80 bits per heavy atom. The Morgan fingerprint density at radius 2 is 2.10 bits per heavy atom. The highest BCUT2D eigenvalue weighted by Gasteiger charge is 2.29. The lowest BCUT2D eigenvalue weighted by Gasteiger charge is -2.38. The van der Waals surface area contributed by atoms with Gasteiger partial charge >= 0.3 is 0 Å². The van der Waals surface area contributed by atoms with Crippen LogP contribution in [-0.4, -0.2) is 30.8 Å². The second-order valence-corrected chi connectivity index (χ2v) is 6.39. The molecule has 0 aliphatic carbocycles. The number of nitrogens with zero attached hydrogens (tertiary/aromatic N) is 2. The molecule has 0 N–H and O–H groups in total. The molecule has 0 saturated carbocycles. The van der Waals surface area contributed by atoms with Crippen molar-refractivity contribution in [1.29, 1.82) is 0 Å². The van der Waals surface area contributed by atoms with E-state index in [1.807, 2.05) is 31.2 Å². The largest absolute Gasteiger partial charge is 0.445 e. The predicted octanol–water partition coefficient (Wildman–Crippen LogP) is 3.92. The quantitative estimate of drug-likeness (QED) is 0.814. The van der Waals surface area contributed by atoms with Gasteiger partial charge in [-0.1, -0.05) is 27.3 Å². The Labute approximate surface area is 130 Å². The predicted molar refractivity (Wildman–Crippen MR) is 84.0 cm³/mol. The summed E-state index contributed by atoms with van der Waals surface area (Å²) in [5.41, 5.74) is 0. The molecule has 2 heterocycles. The van der Waals surface area contributed by atoms with Crippen molar-refractivity contribution in [1.82, 2.24) is 4.98 Å². The number of rotatable bonds is 5. The van der Waals surface area contributed by atoms with Crippen molar-refractivity contribution >= 4 is 32.4 Å². The first-order valence-electron chi connectivity index (χ1n) is 6.50. The van der Waals surface area contributed by atoms with Crippen LogP contribution in [0.1, 0.15) is 6.92 Å². The number of aromatic nitrogens is 1. The number of hydrogen-bond acceptors (Lipinski definition) is 5. The van der Waals surface area contributed by atoms with Crippen LogP contribution in [0.25, 0.3) is 0 Å². The topological polar surface area (TPSA) is 34.6 Å². The zero-order valence-corrected chi connectivity index (χ0v) is 13.5. The first-order valence-corrected chi connectivity index (χ1v) is 8.11. The summed E-state index contributed by atoms with van der Waals surface area (Å²) in [5.74, 6) is 0.819. The van der Waals surface area contributed by atoms with Gasteiger partial charge in [0.15, 0.2) is 5.13 Å². The van der Waals surface area contributed by atoms with E-state index in [-0.39, 0.29) is 0 Å². The molecule has 20 heavy (non-hydrogen) atoms. The van der Waals surface area contributed by atoms with Crippen molar-refractivity contribution in [2.75, 3.05) is 24.6 Å². The zero-order valence-electron chi connectivity index (χ0n) is 11.1. The van der Waals surface area contributed by atoms with Gasteiger partial charge in [-0.15, -0.1) is 0 Å². The van der Waals surface area contributed by atoms with E-state index in [4.69, 9.17) is 9.47 Å². The molecule has 3 rings (SSSR count). The zero-order chi connectivity index (χ0) is 13.9. The third kappa shape index (κ3) is 3.13. The second kappa shape index (κ2) is 6.11. The Kier molecular flexibility index (Phi) is 4.24. The lowest BCUT2D eigenvalue weighted by atomic mass is 10.2. The van der Waals surface area contributed by atoms with Crippen molar-refractivity contribution in [3.05, 3.63) is 34.9 Å². The van der Waals surface area contributed by atoms with Crippen LogP contribution in [0.15, 0.2) is 34.9 Å². The number of thiazole rings is 1. The normalized spacial score (nSPS) is 15.2. The number of hydrogen-bond donors (Lipinski definition) is 0.